The highest BCUT2D eigenvalue weighted by Gasteiger charge is 2.45. The fraction of sp³-hybridized carbons (Fsp3) is 0.474. The lowest BCUT2D eigenvalue weighted by molar-refractivity contribution is 0.0279. The van der Waals surface area contributed by atoms with E-state index in [4.69, 9.17) is 9.47 Å². The van der Waals surface area contributed by atoms with Crippen LogP contribution in [0.3, 0.4) is 0 Å². The van der Waals surface area contributed by atoms with Crippen LogP contribution in [0.5, 0.6) is 0 Å². The van der Waals surface area contributed by atoms with E-state index < -0.39 is 7.29 Å². The standard InChI is InChI=1S/C19H25N2O3PS/c22-25(17-5-2-1-3-6-17,21-10-14-24-15-11-21)19(18-7-4-16-26-18)20-8-12-23-13-9-20/h1-7,16,19H,8-15H2. The van der Waals surface area contributed by atoms with Crippen molar-refractivity contribution in [3.63, 3.8) is 0 Å². The van der Waals surface area contributed by atoms with Crippen LogP contribution in [-0.2, 0) is 14.0 Å². The summed E-state index contributed by atoms with van der Waals surface area (Å²) in [6, 6.07) is 14.2. The van der Waals surface area contributed by atoms with Gasteiger partial charge in [-0.1, -0.05) is 36.4 Å². The molecule has 2 aromatic rings. The molecule has 7 heteroatoms. The van der Waals surface area contributed by atoms with Crippen molar-refractivity contribution in [2.75, 3.05) is 52.6 Å². The topological polar surface area (TPSA) is 42.0 Å². The van der Waals surface area contributed by atoms with Crippen LogP contribution in [0.1, 0.15) is 10.7 Å². The molecule has 0 N–H and O–H groups in total. The van der Waals surface area contributed by atoms with Gasteiger partial charge in [0.25, 0.3) is 0 Å². The third-order valence-corrected chi connectivity index (χ3v) is 9.70. The molecule has 2 aliphatic rings. The molecule has 0 radical (unpaired) electrons. The first kappa shape index (κ1) is 18.4. The van der Waals surface area contributed by atoms with E-state index in [0.717, 1.165) is 18.4 Å². The summed E-state index contributed by atoms with van der Waals surface area (Å²) in [5, 5.41) is 3.02. The third kappa shape index (κ3) is 3.55. The molecule has 0 bridgehead atoms. The molecule has 2 aliphatic heterocycles. The number of ether oxygens (including phenoxy) is 2. The molecule has 2 atom stereocenters. The largest absolute Gasteiger partial charge is 0.379 e. The van der Waals surface area contributed by atoms with Gasteiger partial charge >= 0.3 is 0 Å². The molecular formula is C19H25N2O3PS. The Labute approximate surface area is 158 Å². The van der Waals surface area contributed by atoms with Gasteiger partial charge in [0, 0.05) is 36.4 Å². The van der Waals surface area contributed by atoms with Crippen LogP contribution in [0.4, 0.5) is 0 Å². The van der Waals surface area contributed by atoms with Crippen LogP contribution >= 0.6 is 18.6 Å². The SMILES string of the molecule is O=P(c1ccccc1)(C(c1cccs1)N1CCOCC1)N1CCOCC1. The molecule has 1 aromatic heterocycles. The van der Waals surface area contributed by atoms with Gasteiger partial charge < -0.3 is 9.47 Å². The minimum absolute atomic E-state index is 0.133. The number of nitrogens with zero attached hydrogens (tertiary/aromatic N) is 2. The van der Waals surface area contributed by atoms with Crippen molar-refractivity contribution in [1.29, 1.82) is 0 Å². The van der Waals surface area contributed by atoms with E-state index in [-0.39, 0.29) is 5.78 Å². The van der Waals surface area contributed by atoms with Crippen molar-refractivity contribution >= 4 is 23.9 Å². The number of rotatable bonds is 5. The second-order valence-corrected chi connectivity index (χ2v) is 10.4. The normalized spacial score (nSPS) is 23.4. The first-order valence-electron chi connectivity index (χ1n) is 9.14. The molecule has 4 rings (SSSR count). The predicted molar refractivity (Wildman–Crippen MR) is 106 cm³/mol. The Morgan fingerprint density at radius 1 is 0.885 bits per heavy atom. The lowest BCUT2D eigenvalue weighted by Gasteiger charge is -2.44. The van der Waals surface area contributed by atoms with Gasteiger partial charge in [-0.15, -0.1) is 11.3 Å². The average molecular weight is 392 g/mol. The maximum absolute atomic E-state index is 14.9. The zero-order valence-corrected chi connectivity index (χ0v) is 16.5. The smallest absolute Gasteiger partial charge is 0.200 e. The van der Waals surface area contributed by atoms with E-state index in [1.54, 1.807) is 11.3 Å². The Hall–Kier alpha value is -1.01. The van der Waals surface area contributed by atoms with Crippen LogP contribution < -0.4 is 5.30 Å². The van der Waals surface area contributed by atoms with Gasteiger partial charge in [-0.05, 0) is 11.4 Å². The molecule has 0 amide bonds. The first-order chi connectivity index (χ1) is 12.8. The van der Waals surface area contributed by atoms with Gasteiger partial charge in [-0.2, -0.15) is 0 Å². The Balaban J connectivity index is 1.82. The summed E-state index contributed by atoms with van der Waals surface area (Å²) in [6.07, 6.45) is 0. The molecule has 140 valence electrons. The number of benzene rings is 1. The molecular weight excluding hydrogens is 367 g/mol. The highest BCUT2D eigenvalue weighted by atomic mass is 32.1. The fourth-order valence-electron chi connectivity index (χ4n) is 3.79. The Kier molecular flexibility index (Phi) is 5.89. The monoisotopic (exact) mass is 392 g/mol. The van der Waals surface area contributed by atoms with Crippen LogP contribution in [0.15, 0.2) is 47.8 Å². The first-order valence-corrected chi connectivity index (χ1v) is 11.7. The van der Waals surface area contributed by atoms with Crippen molar-refractivity contribution in [2.24, 2.45) is 0 Å². The summed E-state index contributed by atoms with van der Waals surface area (Å²) in [4.78, 5) is 3.53. The van der Waals surface area contributed by atoms with Gasteiger partial charge in [0.05, 0.1) is 26.4 Å². The minimum Gasteiger partial charge on any atom is -0.379 e. The fourth-order valence-corrected chi connectivity index (χ4v) is 8.52. The van der Waals surface area contributed by atoms with Gasteiger partial charge in [0.15, 0.2) is 0 Å². The van der Waals surface area contributed by atoms with Crippen molar-refractivity contribution in [3.8, 4) is 0 Å². The zero-order chi connectivity index (χ0) is 17.8. The molecule has 3 heterocycles. The molecule has 2 fully saturated rings. The molecule has 1 aromatic carbocycles. The van der Waals surface area contributed by atoms with Gasteiger partial charge in [0.2, 0.25) is 7.29 Å². The molecule has 26 heavy (non-hydrogen) atoms. The van der Waals surface area contributed by atoms with Crippen LogP contribution in [0.2, 0.25) is 0 Å². The predicted octanol–water partition coefficient (Wildman–Crippen LogP) is 3.01. The zero-order valence-electron chi connectivity index (χ0n) is 14.8. The van der Waals surface area contributed by atoms with E-state index in [1.165, 1.54) is 4.88 Å². The van der Waals surface area contributed by atoms with Crippen molar-refractivity contribution in [3.05, 3.63) is 52.7 Å². The molecule has 0 saturated carbocycles. The average Bonchev–Trinajstić information content (AvgIpc) is 3.24. The van der Waals surface area contributed by atoms with Crippen LogP contribution in [0, 0.1) is 0 Å². The third-order valence-electron chi connectivity index (χ3n) is 5.05. The number of hydrogen-bond acceptors (Lipinski definition) is 5. The van der Waals surface area contributed by atoms with Crippen molar-refractivity contribution < 1.29 is 14.0 Å². The van der Waals surface area contributed by atoms with Gasteiger partial charge in [0.1, 0.15) is 5.78 Å². The van der Waals surface area contributed by atoms with Crippen LogP contribution in [0.25, 0.3) is 0 Å². The van der Waals surface area contributed by atoms with E-state index in [0.29, 0.717) is 39.5 Å². The van der Waals surface area contributed by atoms with E-state index in [2.05, 4.69) is 27.1 Å². The second-order valence-electron chi connectivity index (χ2n) is 6.56. The molecule has 2 unspecified atom stereocenters. The summed E-state index contributed by atoms with van der Waals surface area (Å²) in [7, 11) is -2.88. The second kappa shape index (κ2) is 8.34. The Bertz CT molecular complexity index is 729. The number of morpholine rings is 2. The van der Waals surface area contributed by atoms with Gasteiger partial charge in [-0.3, -0.25) is 9.46 Å². The lowest BCUT2D eigenvalue weighted by atomic mass is 10.3. The number of hydrogen-bond donors (Lipinski definition) is 0. The quantitative estimate of drug-likeness (QED) is 0.732. The molecule has 0 spiro atoms. The summed E-state index contributed by atoms with van der Waals surface area (Å²) >= 11 is 1.70. The Morgan fingerprint density at radius 2 is 1.54 bits per heavy atom. The Morgan fingerprint density at radius 3 is 2.15 bits per heavy atom. The van der Waals surface area contributed by atoms with E-state index in [1.807, 2.05) is 30.3 Å². The summed E-state index contributed by atoms with van der Waals surface area (Å²) < 4.78 is 28.2. The van der Waals surface area contributed by atoms with E-state index in [9.17, 15) is 4.57 Å². The summed E-state index contributed by atoms with van der Waals surface area (Å²) in [6.45, 7) is 5.69. The lowest BCUT2D eigenvalue weighted by Crippen LogP contribution is -2.45. The summed E-state index contributed by atoms with van der Waals surface area (Å²) in [5.74, 6) is -0.133. The van der Waals surface area contributed by atoms with Gasteiger partial charge in [-0.25, -0.2) is 4.67 Å². The highest BCUT2D eigenvalue weighted by Crippen LogP contribution is 2.63. The van der Waals surface area contributed by atoms with Crippen molar-refractivity contribution in [1.82, 2.24) is 9.57 Å². The molecule has 2 saturated heterocycles. The maximum atomic E-state index is 14.9. The summed E-state index contributed by atoms with van der Waals surface area (Å²) in [5.41, 5.74) is 0. The number of thiophene rings is 1. The van der Waals surface area contributed by atoms with Crippen LogP contribution in [-0.4, -0.2) is 62.2 Å². The molecule has 0 aliphatic carbocycles. The minimum atomic E-state index is -2.88. The van der Waals surface area contributed by atoms with E-state index >= 15 is 0 Å². The highest BCUT2D eigenvalue weighted by molar-refractivity contribution is 7.69. The maximum Gasteiger partial charge on any atom is 0.200 e. The molecule has 5 nitrogen and oxygen atoms in total. The van der Waals surface area contributed by atoms with Crippen molar-refractivity contribution in [2.45, 2.75) is 5.78 Å².